The van der Waals surface area contributed by atoms with Crippen molar-refractivity contribution in [1.29, 1.82) is 0 Å². The fraction of sp³-hybridized carbons (Fsp3) is 0.250. The van der Waals surface area contributed by atoms with Crippen LogP contribution in [0.25, 0.3) is 10.8 Å². The Kier molecular flexibility index (Phi) is 4.93. The molecule has 1 aromatic heterocycles. The van der Waals surface area contributed by atoms with E-state index in [1.54, 1.807) is 18.2 Å². The Hall–Kier alpha value is -2.95. The number of rotatable bonds is 5. The van der Waals surface area contributed by atoms with E-state index in [0.717, 1.165) is 24.1 Å². The fourth-order valence-electron chi connectivity index (χ4n) is 2.90. The first-order valence-electron chi connectivity index (χ1n) is 8.54. The zero-order valence-corrected chi connectivity index (χ0v) is 14.5. The highest BCUT2D eigenvalue weighted by Gasteiger charge is 2.17. The maximum Gasteiger partial charge on any atom is 0.276 e. The molecule has 5 nitrogen and oxygen atoms in total. The number of para-hydroxylation sites is 1. The van der Waals surface area contributed by atoms with Crippen molar-refractivity contribution in [1.82, 2.24) is 9.78 Å². The molecule has 1 heterocycles. The van der Waals surface area contributed by atoms with Gasteiger partial charge in [0.2, 0.25) is 0 Å². The third kappa shape index (κ3) is 3.31. The fourth-order valence-corrected chi connectivity index (χ4v) is 2.90. The molecule has 0 atom stereocenters. The first kappa shape index (κ1) is 16.9. The number of carbonyl (C=O) groups is 1. The average Bonchev–Trinajstić information content (AvgIpc) is 2.64. The molecular weight excluding hydrogens is 314 g/mol. The summed E-state index contributed by atoms with van der Waals surface area (Å²) in [6.45, 7) is 4.50. The standard InChI is InChI=1S/C20H21N3O2/c1-3-13-23-20(25)16-11-7-6-10-15(16)18(22-23)19(24)21-17-12-8-5-9-14(17)4-2/h5-12H,3-4,13H2,1-2H3,(H,21,24). The first-order valence-corrected chi connectivity index (χ1v) is 8.54. The van der Waals surface area contributed by atoms with Gasteiger partial charge in [-0.25, -0.2) is 4.68 Å². The lowest BCUT2D eigenvalue weighted by Crippen LogP contribution is -2.27. The van der Waals surface area contributed by atoms with Crippen molar-refractivity contribution in [3.05, 3.63) is 70.1 Å². The number of hydrogen-bond acceptors (Lipinski definition) is 3. The van der Waals surface area contributed by atoms with Crippen molar-refractivity contribution in [2.24, 2.45) is 0 Å². The second-order valence-corrected chi connectivity index (χ2v) is 5.89. The highest BCUT2D eigenvalue weighted by atomic mass is 16.2. The van der Waals surface area contributed by atoms with Gasteiger partial charge in [0.05, 0.1) is 5.39 Å². The van der Waals surface area contributed by atoms with Gasteiger partial charge in [-0.05, 0) is 30.5 Å². The molecule has 0 bridgehead atoms. The zero-order chi connectivity index (χ0) is 17.8. The maximum atomic E-state index is 12.9. The van der Waals surface area contributed by atoms with Gasteiger partial charge < -0.3 is 5.32 Å². The zero-order valence-electron chi connectivity index (χ0n) is 14.5. The molecule has 0 fully saturated rings. The normalized spacial score (nSPS) is 10.8. The van der Waals surface area contributed by atoms with E-state index >= 15 is 0 Å². The molecule has 3 aromatic rings. The molecule has 25 heavy (non-hydrogen) atoms. The number of aryl methyl sites for hydroxylation is 2. The molecular formula is C20H21N3O2. The number of carbonyl (C=O) groups excluding carboxylic acids is 1. The Morgan fingerprint density at radius 1 is 1.04 bits per heavy atom. The van der Waals surface area contributed by atoms with Crippen LogP contribution >= 0.6 is 0 Å². The van der Waals surface area contributed by atoms with E-state index in [1.165, 1.54) is 4.68 Å². The highest BCUT2D eigenvalue weighted by Crippen LogP contribution is 2.19. The third-order valence-electron chi connectivity index (χ3n) is 4.16. The Bertz CT molecular complexity index is 976. The smallest absolute Gasteiger partial charge is 0.276 e. The van der Waals surface area contributed by atoms with Crippen LogP contribution in [0.1, 0.15) is 36.3 Å². The summed E-state index contributed by atoms with van der Waals surface area (Å²) in [5, 5.41) is 8.36. The highest BCUT2D eigenvalue weighted by molar-refractivity contribution is 6.11. The van der Waals surface area contributed by atoms with Crippen LogP contribution in [0.15, 0.2) is 53.3 Å². The Morgan fingerprint density at radius 3 is 2.44 bits per heavy atom. The maximum absolute atomic E-state index is 12.9. The molecule has 0 aliphatic heterocycles. The number of hydrogen-bond donors (Lipinski definition) is 1. The minimum absolute atomic E-state index is 0.164. The summed E-state index contributed by atoms with van der Waals surface area (Å²) in [6.07, 6.45) is 1.59. The van der Waals surface area contributed by atoms with Crippen molar-refractivity contribution < 1.29 is 4.79 Å². The molecule has 0 spiro atoms. The number of aromatic nitrogens is 2. The predicted octanol–water partition coefficient (Wildman–Crippen LogP) is 3.62. The summed E-state index contributed by atoms with van der Waals surface area (Å²) in [6, 6.07) is 14.8. The van der Waals surface area contributed by atoms with Gasteiger partial charge in [-0.2, -0.15) is 5.10 Å². The van der Waals surface area contributed by atoms with Crippen molar-refractivity contribution >= 4 is 22.4 Å². The van der Waals surface area contributed by atoms with Gasteiger partial charge in [-0.15, -0.1) is 0 Å². The Balaban J connectivity index is 2.09. The van der Waals surface area contributed by atoms with Crippen LogP contribution in [0.3, 0.4) is 0 Å². The average molecular weight is 335 g/mol. The van der Waals surface area contributed by atoms with Gasteiger partial charge in [0.15, 0.2) is 5.69 Å². The summed E-state index contributed by atoms with van der Waals surface area (Å²) < 4.78 is 1.38. The predicted molar refractivity (Wildman–Crippen MR) is 100 cm³/mol. The van der Waals surface area contributed by atoms with Crippen LogP contribution in [0, 0.1) is 0 Å². The molecule has 1 N–H and O–H groups in total. The topological polar surface area (TPSA) is 64.0 Å². The van der Waals surface area contributed by atoms with E-state index in [9.17, 15) is 9.59 Å². The van der Waals surface area contributed by atoms with E-state index < -0.39 is 0 Å². The molecule has 2 aromatic carbocycles. The second-order valence-electron chi connectivity index (χ2n) is 5.89. The van der Waals surface area contributed by atoms with Gasteiger partial charge in [-0.3, -0.25) is 9.59 Å². The van der Waals surface area contributed by atoms with Gasteiger partial charge in [0.25, 0.3) is 11.5 Å². The van der Waals surface area contributed by atoms with Gasteiger partial charge in [-0.1, -0.05) is 50.2 Å². The van der Waals surface area contributed by atoms with Crippen molar-refractivity contribution in [2.75, 3.05) is 5.32 Å². The van der Waals surface area contributed by atoms with Crippen LogP contribution in [0.5, 0.6) is 0 Å². The van der Waals surface area contributed by atoms with Crippen LogP contribution < -0.4 is 10.9 Å². The van der Waals surface area contributed by atoms with Crippen molar-refractivity contribution in [3.63, 3.8) is 0 Å². The van der Waals surface area contributed by atoms with E-state index in [0.29, 0.717) is 17.3 Å². The second kappa shape index (κ2) is 7.30. The molecule has 0 radical (unpaired) electrons. The molecule has 0 saturated heterocycles. The number of benzene rings is 2. The number of nitrogens with one attached hydrogen (secondary N) is 1. The SMILES string of the molecule is CCCn1nc(C(=O)Nc2ccccc2CC)c2ccccc2c1=O. The molecule has 1 amide bonds. The van der Waals surface area contributed by atoms with Crippen molar-refractivity contribution in [3.8, 4) is 0 Å². The third-order valence-corrected chi connectivity index (χ3v) is 4.16. The minimum atomic E-state index is -0.304. The number of nitrogens with zero attached hydrogens (tertiary/aromatic N) is 2. The van der Waals surface area contributed by atoms with Crippen LogP contribution in [-0.4, -0.2) is 15.7 Å². The molecule has 5 heteroatoms. The molecule has 0 unspecified atom stereocenters. The van der Waals surface area contributed by atoms with Gasteiger partial charge in [0, 0.05) is 17.6 Å². The number of anilines is 1. The van der Waals surface area contributed by atoms with E-state index in [-0.39, 0.29) is 17.2 Å². The first-order chi connectivity index (χ1) is 12.2. The van der Waals surface area contributed by atoms with Crippen LogP contribution in [0.2, 0.25) is 0 Å². The van der Waals surface area contributed by atoms with Crippen LogP contribution in [0.4, 0.5) is 5.69 Å². The van der Waals surface area contributed by atoms with Crippen LogP contribution in [-0.2, 0) is 13.0 Å². The summed E-state index contributed by atoms with van der Waals surface area (Å²) in [5.41, 5.74) is 1.94. The minimum Gasteiger partial charge on any atom is -0.320 e. The van der Waals surface area contributed by atoms with E-state index in [2.05, 4.69) is 10.4 Å². The lowest BCUT2D eigenvalue weighted by molar-refractivity contribution is 0.102. The molecule has 0 saturated carbocycles. The summed E-state index contributed by atoms with van der Waals surface area (Å²) in [7, 11) is 0. The monoisotopic (exact) mass is 335 g/mol. The van der Waals surface area contributed by atoms with Gasteiger partial charge in [0.1, 0.15) is 0 Å². The molecule has 0 aliphatic carbocycles. The Morgan fingerprint density at radius 2 is 1.72 bits per heavy atom. The number of amides is 1. The van der Waals surface area contributed by atoms with Crippen molar-refractivity contribution in [2.45, 2.75) is 33.2 Å². The molecule has 3 rings (SSSR count). The quantitative estimate of drug-likeness (QED) is 0.774. The Labute approximate surface area is 146 Å². The molecule has 128 valence electrons. The summed E-state index contributed by atoms with van der Waals surface area (Å²) in [5.74, 6) is -0.304. The number of fused-ring (bicyclic) bond motifs is 1. The lowest BCUT2D eigenvalue weighted by atomic mass is 10.1. The lowest BCUT2D eigenvalue weighted by Gasteiger charge is -2.12. The molecule has 0 aliphatic rings. The van der Waals surface area contributed by atoms with E-state index in [4.69, 9.17) is 0 Å². The largest absolute Gasteiger partial charge is 0.320 e. The summed E-state index contributed by atoms with van der Waals surface area (Å²) >= 11 is 0. The van der Waals surface area contributed by atoms with E-state index in [1.807, 2.05) is 44.2 Å². The summed E-state index contributed by atoms with van der Waals surface area (Å²) in [4.78, 5) is 25.4. The van der Waals surface area contributed by atoms with Gasteiger partial charge >= 0.3 is 0 Å².